The smallest absolute Gasteiger partial charge is 0.260 e. The molecular weight excluding hydrogens is 364 g/mol. The number of imidazole rings is 1. The zero-order valence-corrected chi connectivity index (χ0v) is 15.9. The van der Waals surface area contributed by atoms with E-state index in [-0.39, 0.29) is 12.5 Å². The average Bonchev–Trinajstić information content (AvgIpc) is 3.26. The van der Waals surface area contributed by atoms with Gasteiger partial charge in [-0.2, -0.15) is 0 Å². The van der Waals surface area contributed by atoms with Gasteiger partial charge in [-0.05, 0) is 42.7 Å². The number of halogens is 1. The van der Waals surface area contributed by atoms with Crippen LogP contribution in [0.15, 0.2) is 42.6 Å². The van der Waals surface area contributed by atoms with Crippen LogP contribution >= 0.6 is 11.6 Å². The van der Waals surface area contributed by atoms with Gasteiger partial charge in [-0.1, -0.05) is 17.7 Å². The summed E-state index contributed by atoms with van der Waals surface area (Å²) in [6.07, 6.45) is 3.59. The largest absolute Gasteiger partial charge is 0.484 e. The fraction of sp³-hybridized carbons (Fsp3) is 0.350. The fourth-order valence-corrected chi connectivity index (χ4v) is 3.71. The lowest BCUT2D eigenvalue weighted by molar-refractivity contribution is -0.132. The maximum Gasteiger partial charge on any atom is 0.260 e. The van der Waals surface area contributed by atoms with Gasteiger partial charge in [0.1, 0.15) is 17.1 Å². The van der Waals surface area contributed by atoms with Gasteiger partial charge in [0.15, 0.2) is 12.3 Å². The van der Waals surface area contributed by atoms with E-state index < -0.39 is 0 Å². The van der Waals surface area contributed by atoms with Crippen molar-refractivity contribution in [3.63, 3.8) is 0 Å². The van der Waals surface area contributed by atoms with Crippen molar-refractivity contribution >= 4 is 28.7 Å². The lowest BCUT2D eigenvalue weighted by Crippen LogP contribution is -2.33. The van der Waals surface area contributed by atoms with Gasteiger partial charge in [0.2, 0.25) is 0 Å². The van der Waals surface area contributed by atoms with Crippen molar-refractivity contribution in [3.8, 4) is 5.75 Å². The normalized spacial score (nSPS) is 16.8. The number of aryl methyl sites for hydroxylation is 1. The third kappa shape index (κ3) is 3.90. The van der Waals surface area contributed by atoms with E-state index in [0.29, 0.717) is 16.7 Å². The van der Waals surface area contributed by atoms with Crippen LogP contribution in [0.4, 0.5) is 0 Å². The van der Waals surface area contributed by atoms with Crippen LogP contribution in [0.25, 0.3) is 11.2 Å². The molecule has 4 rings (SSSR count). The van der Waals surface area contributed by atoms with Gasteiger partial charge in [0.25, 0.3) is 5.91 Å². The fourth-order valence-electron chi connectivity index (χ4n) is 3.53. The highest BCUT2D eigenvalue weighted by atomic mass is 35.5. The van der Waals surface area contributed by atoms with E-state index in [1.807, 2.05) is 28.6 Å². The van der Waals surface area contributed by atoms with E-state index >= 15 is 0 Å². The molecule has 0 N–H and O–H groups in total. The van der Waals surface area contributed by atoms with Crippen molar-refractivity contribution in [3.05, 3.63) is 53.4 Å². The average molecular weight is 385 g/mol. The quantitative estimate of drug-likeness (QED) is 0.678. The molecule has 0 bridgehead atoms. The number of ether oxygens (including phenoxy) is 1. The number of carbonyl (C=O) groups excluding carboxylic acids is 1. The van der Waals surface area contributed by atoms with Crippen LogP contribution in [0.2, 0.25) is 5.02 Å². The Morgan fingerprint density at radius 1 is 1.33 bits per heavy atom. The van der Waals surface area contributed by atoms with Crippen molar-refractivity contribution < 1.29 is 9.53 Å². The van der Waals surface area contributed by atoms with E-state index in [0.717, 1.165) is 42.9 Å². The van der Waals surface area contributed by atoms with Gasteiger partial charge in [-0.15, -0.1) is 0 Å². The van der Waals surface area contributed by atoms with E-state index in [1.54, 1.807) is 30.5 Å². The highest BCUT2D eigenvalue weighted by molar-refractivity contribution is 6.30. The Kier molecular flexibility index (Phi) is 4.99. The number of nitrogens with zero attached hydrogens (tertiary/aromatic N) is 4. The monoisotopic (exact) mass is 384 g/mol. The van der Waals surface area contributed by atoms with Crippen LogP contribution in [0.3, 0.4) is 0 Å². The number of rotatable bonds is 5. The molecule has 1 aliphatic rings. The number of likely N-dealkylation sites (tertiary alicyclic amines) is 1. The number of carbonyl (C=O) groups is 1. The molecule has 1 amide bonds. The highest BCUT2D eigenvalue weighted by Gasteiger charge is 2.27. The molecule has 27 heavy (non-hydrogen) atoms. The van der Waals surface area contributed by atoms with Crippen LogP contribution in [-0.2, 0) is 18.3 Å². The van der Waals surface area contributed by atoms with Crippen LogP contribution in [0.5, 0.6) is 5.75 Å². The molecule has 0 radical (unpaired) electrons. The molecular formula is C20H21ClN4O2. The lowest BCUT2D eigenvalue weighted by Gasteiger charge is -2.17. The Morgan fingerprint density at radius 3 is 3.04 bits per heavy atom. The summed E-state index contributed by atoms with van der Waals surface area (Å²) in [4.78, 5) is 23.4. The molecule has 1 atom stereocenters. The summed E-state index contributed by atoms with van der Waals surface area (Å²) in [6, 6.07) is 11.0. The second kappa shape index (κ2) is 7.56. The number of aromatic nitrogens is 3. The first-order chi connectivity index (χ1) is 13.1. The summed E-state index contributed by atoms with van der Waals surface area (Å²) in [5.41, 5.74) is 1.81. The van der Waals surface area contributed by atoms with Gasteiger partial charge in [0, 0.05) is 37.8 Å². The third-order valence-corrected chi connectivity index (χ3v) is 5.22. The first-order valence-corrected chi connectivity index (χ1v) is 9.40. The van der Waals surface area contributed by atoms with E-state index in [2.05, 4.69) is 9.97 Å². The zero-order valence-electron chi connectivity index (χ0n) is 15.1. The standard InChI is InChI=1S/C20H21ClN4O2/c1-24-18(23-17-6-3-8-22-20(17)24)10-14-7-9-25(12-14)19(26)13-27-16-5-2-4-15(21)11-16/h2-6,8,11,14H,7,9-10,12-13H2,1H3. The van der Waals surface area contributed by atoms with Crippen molar-refractivity contribution in [1.82, 2.24) is 19.4 Å². The van der Waals surface area contributed by atoms with E-state index in [1.165, 1.54) is 0 Å². The topological polar surface area (TPSA) is 60.2 Å². The number of benzene rings is 1. The lowest BCUT2D eigenvalue weighted by atomic mass is 10.0. The van der Waals surface area contributed by atoms with Gasteiger partial charge in [0.05, 0.1) is 0 Å². The Labute approximate surface area is 162 Å². The predicted octanol–water partition coefficient (Wildman–Crippen LogP) is 3.09. The van der Waals surface area contributed by atoms with Crippen molar-refractivity contribution in [2.45, 2.75) is 12.8 Å². The molecule has 1 aliphatic heterocycles. The minimum Gasteiger partial charge on any atom is -0.484 e. The van der Waals surface area contributed by atoms with Crippen molar-refractivity contribution in [2.75, 3.05) is 19.7 Å². The van der Waals surface area contributed by atoms with Crippen LogP contribution in [-0.4, -0.2) is 45.0 Å². The van der Waals surface area contributed by atoms with Gasteiger partial charge in [-0.3, -0.25) is 4.79 Å². The molecule has 0 spiro atoms. The Bertz CT molecular complexity index is 972. The molecule has 7 heteroatoms. The SMILES string of the molecule is Cn1c(CC2CCN(C(=O)COc3cccc(Cl)c3)C2)nc2cccnc21. The summed E-state index contributed by atoms with van der Waals surface area (Å²) < 4.78 is 7.62. The van der Waals surface area contributed by atoms with Crippen LogP contribution < -0.4 is 4.74 Å². The Balaban J connectivity index is 1.34. The minimum absolute atomic E-state index is 0.00384. The molecule has 1 fully saturated rings. The van der Waals surface area contributed by atoms with Crippen molar-refractivity contribution in [2.24, 2.45) is 13.0 Å². The Hall–Kier alpha value is -2.60. The number of amides is 1. The first kappa shape index (κ1) is 17.8. The third-order valence-electron chi connectivity index (χ3n) is 4.99. The number of hydrogen-bond donors (Lipinski definition) is 0. The summed E-state index contributed by atoms with van der Waals surface area (Å²) in [6.45, 7) is 1.52. The van der Waals surface area contributed by atoms with Gasteiger partial charge in [-0.25, -0.2) is 9.97 Å². The molecule has 6 nitrogen and oxygen atoms in total. The molecule has 3 aromatic rings. The molecule has 2 aromatic heterocycles. The predicted molar refractivity (Wildman–Crippen MR) is 104 cm³/mol. The summed E-state index contributed by atoms with van der Waals surface area (Å²) in [7, 11) is 1.99. The van der Waals surface area contributed by atoms with Gasteiger partial charge >= 0.3 is 0 Å². The second-order valence-corrected chi connectivity index (χ2v) is 7.31. The Morgan fingerprint density at radius 2 is 2.22 bits per heavy atom. The molecule has 140 valence electrons. The molecule has 1 unspecified atom stereocenters. The highest BCUT2D eigenvalue weighted by Crippen LogP contribution is 2.23. The molecule has 3 heterocycles. The maximum absolute atomic E-state index is 12.4. The molecule has 0 aliphatic carbocycles. The first-order valence-electron chi connectivity index (χ1n) is 9.02. The van der Waals surface area contributed by atoms with E-state index in [9.17, 15) is 4.79 Å². The summed E-state index contributed by atoms with van der Waals surface area (Å²) >= 11 is 5.94. The molecule has 1 saturated heterocycles. The summed E-state index contributed by atoms with van der Waals surface area (Å²) in [5, 5.41) is 0.595. The maximum atomic E-state index is 12.4. The number of hydrogen-bond acceptors (Lipinski definition) is 4. The van der Waals surface area contributed by atoms with E-state index in [4.69, 9.17) is 16.3 Å². The van der Waals surface area contributed by atoms with Gasteiger partial charge < -0.3 is 14.2 Å². The number of fused-ring (bicyclic) bond motifs is 1. The zero-order chi connectivity index (χ0) is 18.8. The van der Waals surface area contributed by atoms with Crippen LogP contribution in [0, 0.1) is 5.92 Å². The second-order valence-electron chi connectivity index (χ2n) is 6.88. The number of pyridine rings is 1. The van der Waals surface area contributed by atoms with Crippen molar-refractivity contribution in [1.29, 1.82) is 0 Å². The molecule has 1 aromatic carbocycles. The summed E-state index contributed by atoms with van der Waals surface area (Å²) in [5.74, 6) is 2.02. The molecule has 0 saturated carbocycles. The van der Waals surface area contributed by atoms with Crippen LogP contribution in [0.1, 0.15) is 12.2 Å². The minimum atomic E-state index is 0.00384.